The fraction of sp³-hybridized carbons (Fsp3) is 0.333. The van der Waals surface area contributed by atoms with Crippen LogP contribution in [0.15, 0.2) is 47.4 Å². The number of benzene rings is 2. The van der Waals surface area contributed by atoms with Crippen molar-refractivity contribution < 1.29 is 26.8 Å². The number of nitrogens with one attached hydrogen (secondary N) is 1. The summed E-state index contributed by atoms with van der Waals surface area (Å²) in [5, 5.41) is 2.32. The minimum atomic E-state index is -3.62. The van der Waals surface area contributed by atoms with Gasteiger partial charge in [-0.15, -0.1) is 0 Å². The van der Waals surface area contributed by atoms with Crippen LogP contribution in [0.3, 0.4) is 0 Å². The quantitative estimate of drug-likeness (QED) is 0.701. The van der Waals surface area contributed by atoms with Gasteiger partial charge < -0.3 is 10.2 Å². The number of hydrogen-bond donors (Lipinski definition) is 1. The predicted molar refractivity (Wildman–Crippen MR) is 112 cm³/mol. The van der Waals surface area contributed by atoms with Crippen molar-refractivity contribution in [2.75, 3.05) is 29.9 Å². The van der Waals surface area contributed by atoms with Gasteiger partial charge >= 0.3 is 0 Å². The Labute approximate surface area is 179 Å². The number of rotatable bonds is 7. The summed E-state index contributed by atoms with van der Waals surface area (Å²) in [6.07, 6.45) is -0.0950. The van der Waals surface area contributed by atoms with Gasteiger partial charge in [0.25, 0.3) is 0 Å². The van der Waals surface area contributed by atoms with Gasteiger partial charge in [0.2, 0.25) is 21.8 Å². The molecule has 1 saturated heterocycles. The Morgan fingerprint density at radius 2 is 1.77 bits per heavy atom. The Bertz CT molecular complexity index is 1090. The smallest absolute Gasteiger partial charge is 0.243 e. The number of anilines is 2. The molecule has 3 rings (SSSR count). The highest BCUT2D eigenvalue weighted by Gasteiger charge is 2.35. The zero-order valence-corrected chi connectivity index (χ0v) is 18.0. The van der Waals surface area contributed by atoms with Gasteiger partial charge in [-0.25, -0.2) is 17.2 Å². The number of hydrogen-bond acceptors (Lipinski definition) is 4. The summed E-state index contributed by atoms with van der Waals surface area (Å²) < 4.78 is 53.6. The fourth-order valence-corrected chi connectivity index (χ4v) is 4.93. The third-order valence-electron chi connectivity index (χ3n) is 5.17. The zero-order chi connectivity index (χ0) is 22.8. The second-order valence-electron chi connectivity index (χ2n) is 7.10. The maximum atomic E-state index is 13.8. The Morgan fingerprint density at radius 1 is 1.13 bits per heavy atom. The molecule has 2 amide bonds. The third-order valence-corrected chi connectivity index (χ3v) is 7.24. The standard InChI is InChI=1S/C21H23F2N3O4S/c1-3-25(4-2)31(29,30)17-8-6-16(7-9-17)26-13-14(11-20(26)27)21(28)24-19-12-15(22)5-10-18(19)23/h5-10,12,14H,3-4,11,13H2,1-2H3,(H,24,28)/t14-/m0/s1. The van der Waals surface area contributed by atoms with Crippen LogP contribution < -0.4 is 10.2 Å². The first-order valence-electron chi connectivity index (χ1n) is 9.83. The van der Waals surface area contributed by atoms with Gasteiger partial charge in [0.15, 0.2) is 0 Å². The van der Waals surface area contributed by atoms with Crippen molar-refractivity contribution in [2.24, 2.45) is 5.92 Å². The first-order chi connectivity index (χ1) is 14.7. The minimum Gasteiger partial charge on any atom is -0.323 e. The molecule has 31 heavy (non-hydrogen) atoms. The van der Waals surface area contributed by atoms with Crippen LogP contribution in [0, 0.1) is 17.6 Å². The van der Waals surface area contributed by atoms with Gasteiger partial charge in [-0.05, 0) is 36.4 Å². The number of halogens is 2. The molecule has 1 fully saturated rings. The summed E-state index contributed by atoms with van der Waals surface area (Å²) in [4.78, 5) is 26.4. The molecule has 0 spiro atoms. The van der Waals surface area contributed by atoms with Gasteiger partial charge in [-0.3, -0.25) is 9.59 Å². The highest BCUT2D eigenvalue weighted by Crippen LogP contribution is 2.28. The molecule has 1 aliphatic heterocycles. The van der Waals surface area contributed by atoms with Crippen molar-refractivity contribution in [1.82, 2.24) is 4.31 Å². The number of carbonyl (C=O) groups is 2. The molecule has 0 unspecified atom stereocenters. The number of nitrogens with zero attached hydrogens (tertiary/aromatic N) is 2. The molecule has 1 heterocycles. The molecule has 2 aromatic rings. The molecular formula is C21H23F2N3O4S. The van der Waals surface area contributed by atoms with Crippen molar-refractivity contribution in [2.45, 2.75) is 25.2 Å². The normalized spacial score (nSPS) is 16.7. The van der Waals surface area contributed by atoms with Crippen LogP contribution in [-0.2, 0) is 19.6 Å². The molecule has 7 nitrogen and oxygen atoms in total. The van der Waals surface area contributed by atoms with E-state index in [9.17, 15) is 26.8 Å². The van der Waals surface area contributed by atoms with E-state index in [2.05, 4.69) is 5.32 Å². The van der Waals surface area contributed by atoms with Crippen LogP contribution in [0.25, 0.3) is 0 Å². The average Bonchev–Trinajstić information content (AvgIpc) is 3.13. The van der Waals surface area contributed by atoms with E-state index in [0.717, 1.165) is 18.2 Å². The molecule has 10 heteroatoms. The molecule has 0 aromatic heterocycles. The first-order valence-corrected chi connectivity index (χ1v) is 11.3. The lowest BCUT2D eigenvalue weighted by Crippen LogP contribution is -2.31. The van der Waals surface area contributed by atoms with E-state index in [1.54, 1.807) is 13.8 Å². The topological polar surface area (TPSA) is 86.8 Å². The van der Waals surface area contributed by atoms with E-state index in [0.29, 0.717) is 18.8 Å². The molecule has 1 atom stereocenters. The summed E-state index contributed by atoms with van der Waals surface area (Å²) in [5.41, 5.74) is 0.164. The molecule has 1 N–H and O–H groups in total. The zero-order valence-electron chi connectivity index (χ0n) is 17.1. The second-order valence-corrected chi connectivity index (χ2v) is 9.04. The monoisotopic (exact) mass is 451 g/mol. The van der Waals surface area contributed by atoms with E-state index in [1.807, 2.05) is 0 Å². The van der Waals surface area contributed by atoms with Crippen molar-refractivity contribution in [3.63, 3.8) is 0 Å². The number of sulfonamides is 1. The Balaban J connectivity index is 1.73. The summed E-state index contributed by atoms with van der Waals surface area (Å²) in [6, 6.07) is 8.59. The molecule has 2 aromatic carbocycles. The SMILES string of the molecule is CCN(CC)S(=O)(=O)c1ccc(N2C[C@@H](C(=O)Nc3cc(F)ccc3F)CC2=O)cc1. The Morgan fingerprint density at radius 3 is 2.39 bits per heavy atom. The summed E-state index contributed by atoms with van der Waals surface area (Å²) in [7, 11) is -3.62. The summed E-state index contributed by atoms with van der Waals surface area (Å²) in [6.45, 7) is 4.23. The maximum Gasteiger partial charge on any atom is 0.243 e. The van der Waals surface area contributed by atoms with Crippen LogP contribution in [0.2, 0.25) is 0 Å². The van der Waals surface area contributed by atoms with E-state index < -0.39 is 33.5 Å². The number of amides is 2. The van der Waals surface area contributed by atoms with Crippen LogP contribution in [0.4, 0.5) is 20.2 Å². The van der Waals surface area contributed by atoms with Gasteiger partial charge in [0, 0.05) is 37.8 Å². The second kappa shape index (κ2) is 9.11. The van der Waals surface area contributed by atoms with Gasteiger partial charge in [-0.1, -0.05) is 13.8 Å². The first kappa shape index (κ1) is 22.8. The minimum absolute atomic E-state index is 0.0454. The average molecular weight is 451 g/mol. The molecule has 0 saturated carbocycles. The third kappa shape index (κ3) is 4.75. The molecule has 0 aliphatic carbocycles. The number of carbonyl (C=O) groups excluding carboxylic acids is 2. The largest absolute Gasteiger partial charge is 0.323 e. The van der Waals surface area contributed by atoms with Crippen molar-refractivity contribution in [3.05, 3.63) is 54.1 Å². The Hall–Kier alpha value is -2.85. The van der Waals surface area contributed by atoms with Crippen LogP contribution in [0.5, 0.6) is 0 Å². The van der Waals surface area contributed by atoms with Gasteiger partial charge in [0.1, 0.15) is 11.6 Å². The van der Waals surface area contributed by atoms with E-state index in [-0.39, 0.29) is 29.5 Å². The molecule has 0 radical (unpaired) electrons. The summed E-state index contributed by atoms with van der Waals surface area (Å²) >= 11 is 0. The predicted octanol–water partition coefficient (Wildman–Crippen LogP) is 2.99. The van der Waals surface area contributed by atoms with E-state index in [4.69, 9.17) is 0 Å². The summed E-state index contributed by atoms with van der Waals surface area (Å²) in [5.74, 6) is -3.14. The Kier molecular flexibility index (Phi) is 6.71. The van der Waals surface area contributed by atoms with Crippen LogP contribution >= 0.6 is 0 Å². The molecule has 0 bridgehead atoms. The maximum absolute atomic E-state index is 13.8. The fourth-order valence-electron chi connectivity index (χ4n) is 3.47. The van der Waals surface area contributed by atoms with Crippen molar-refractivity contribution >= 4 is 33.2 Å². The molecule has 1 aliphatic rings. The molecule has 166 valence electrons. The van der Waals surface area contributed by atoms with Gasteiger partial charge in [0.05, 0.1) is 16.5 Å². The van der Waals surface area contributed by atoms with Crippen molar-refractivity contribution in [3.8, 4) is 0 Å². The lowest BCUT2D eigenvalue weighted by atomic mass is 10.1. The van der Waals surface area contributed by atoms with E-state index >= 15 is 0 Å². The van der Waals surface area contributed by atoms with Crippen LogP contribution in [-0.4, -0.2) is 44.2 Å². The lowest BCUT2D eigenvalue weighted by Gasteiger charge is -2.20. The van der Waals surface area contributed by atoms with Crippen LogP contribution in [0.1, 0.15) is 20.3 Å². The highest BCUT2D eigenvalue weighted by molar-refractivity contribution is 7.89. The van der Waals surface area contributed by atoms with E-state index in [1.165, 1.54) is 33.5 Å². The highest BCUT2D eigenvalue weighted by atomic mass is 32.2. The van der Waals surface area contributed by atoms with Gasteiger partial charge in [-0.2, -0.15) is 4.31 Å². The molecular weight excluding hydrogens is 428 g/mol. The lowest BCUT2D eigenvalue weighted by molar-refractivity contribution is -0.122. The van der Waals surface area contributed by atoms with Crippen molar-refractivity contribution in [1.29, 1.82) is 0 Å².